The lowest BCUT2D eigenvalue weighted by molar-refractivity contribution is 0.0943. The number of fused-ring (bicyclic) bond motifs is 1. The van der Waals surface area contributed by atoms with Crippen LogP contribution in [0.4, 0.5) is 5.69 Å². The molecule has 0 aliphatic heterocycles. The van der Waals surface area contributed by atoms with Crippen LogP contribution in [0.2, 0.25) is 0 Å². The topological polar surface area (TPSA) is 66.5 Å². The average molecular weight is 340 g/mol. The summed E-state index contributed by atoms with van der Waals surface area (Å²) >= 11 is 1.41. The van der Waals surface area contributed by atoms with Crippen LogP contribution >= 0.6 is 11.3 Å². The second kappa shape index (κ2) is 6.26. The Balaban J connectivity index is 2.34. The summed E-state index contributed by atoms with van der Waals surface area (Å²) in [6.45, 7) is 3.98. The summed E-state index contributed by atoms with van der Waals surface area (Å²) < 4.78 is 25.4. The van der Waals surface area contributed by atoms with Crippen LogP contribution < -0.4 is 9.62 Å². The Morgan fingerprint density at radius 3 is 2.64 bits per heavy atom. The smallest absolute Gasteiger partial charge is 0.261 e. The third-order valence-corrected chi connectivity index (χ3v) is 5.90. The van der Waals surface area contributed by atoms with Gasteiger partial charge < -0.3 is 5.32 Å². The number of carbonyl (C=O) groups is 1. The number of carbonyl (C=O) groups excluding carboxylic acids is 1. The molecule has 0 bridgehead atoms. The van der Waals surface area contributed by atoms with E-state index in [1.165, 1.54) is 22.7 Å². The summed E-state index contributed by atoms with van der Waals surface area (Å²) in [5.74, 6) is -0.0893. The van der Waals surface area contributed by atoms with Gasteiger partial charge in [0.15, 0.2) is 0 Å². The number of sulfonamides is 1. The lowest BCUT2D eigenvalue weighted by Gasteiger charge is -2.16. The molecule has 7 heteroatoms. The Labute approximate surface area is 135 Å². The second-order valence-corrected chi connectivity index (χ2v) is 8.44. The van der Waals surface area contributed by atoms with Crippen LogP contribution in [0.1, 0.15) is 29.9 Å². The quantitative estimate of drug-likeness (QED) is 0.910. The van der Waals surface area contributed by atoms with Gasteiger partial charge in [0.05, 0.1) is 16.8 Å². The Hall–Kier alpha value is -1.60. The van der Waals surface area contributed by atoms with E-state index in [0.717, 1.165) is 22.8 Å². The number of anilines is 1. The summed E-state index contributed by atoms with van der Waals surface area (Å²) in [7, 11) is -1.78. The van der Waals surface area contributed by atoms with Crippen molar-refractivity contribution in [3.63, 3.8) is 0 Å². The predicted molar refractivity (Wildman–Crippen MR) is 92.3 cm³/mol. The van der Waals surface area contributed by atoms with Crippen LogP contribution in [0.5, 0.6) is 0 Å². The van der Waals surface area contributed by atoms with Crippen molar-refractivity contribution < 1.29 is 13.2 Å². The van der Waals surface area contributed by atoms with E-state index in [1.54, 1.807) is 18.2 Å². The van der Waals surface area contributed by atoms with Crippen LogP contribution in [-0.4, -0.2) is 33.7 Å². The number of nitrogens with one attached hydrogen (secondary N) is 1. The standard InChI is InChI=1S/C15H20N2O3S2/c1-5-10(2)16-15(18)14-9-11-8-12(6-7-13(11)21-14)17(3)22(4,19)20/h6-10H,5H2,1-4H3,(H,16,18)/t10-/m1/s1. The summed E-state index contributed by atoms with van der Waals surface area (Å²) in [5.41, 5.74) is 0.585. The highest BCUT2D eigenvalue weighted by molar-refractivity contribution is 7.92. The lowest BCUT2D eigenvalue weighted by Crippen LogP contribution is -2.31. The number of nitrogens with zero attached hydrogens (tertiary/aromatic N) is 1. The Morgan fingerprint density at radius 2 is 2.05 bits per heavy atom. The molecule has 0 saturated carbocycles. The zero-order valence-corrected chi connectivity index (χ0v) is 14.7. The number of hydrogen-bond acceptors (Lipinski definition) is 4. The zero-order valence-electron chi connectivity index (χ0n) is 13.1. The maximum absolute atomic E-state index is 12.2. The highest BCUT2D eigenvalue weighted by Gasteiger charge is 2.15. The van der Waals surface area contributed by atoms with Crippen molar-refractivity contribution in [2.75, 3.05) is 17.6 Å². The van der Waals surface area contributed by atoms with E-state index in [2.05, 4.69) is 5.32 Å². The minimum atomic E-state index is -3.30. The first-order valence-electron chi connectivity index (χ1n) is 7.00. The summed E-state index contributed by atoms with van der Waals surface area (Å²) in [6.07, 6.45) is 2.04. The molecule has 1 amide bonds. The largest absolute Gasteiger partial charge is 0.349 e. The van der Waals surface area contributed by atoms with Gasteiger partial charge in [-0.25, -0.2) is 8.42 Å². The molecule has 1 N–H and O–H groups in total. The predicted octanol–water partition coefficient (Wildman–Crippen LogP) is 2.83. The monoisotopic (exact) mass is 340 g/mol. The van der Waals surface area contributed by atoms with Crippen LogP contribution in [-0.2, 0) is 10.0 Å². The Bertz CT molecular complexity index is 796. The number of amides is 1. The Morgan fingerprint density at radius 1 is 1.36 bits per heavy atom. The van der Waals surface area contributed by atoms with Gasteiger partial charge in [-0.15, -0.1) is 11.3 Å². The van der Waals surface area contributed by atoms with Crippen molar-refractivity contribution in [3.8, 4) is 0 Å². The molecule has 1 heterocycles. The van der Waals surface area contributed by atoms with Crippen LogP contribution in [0, 0.1) is 0 Å². The first kappa shape index (κ1) is 16.8. The van der Waals surface area contributed by atoms with Gasteiger partial charge in [-0.3, -0.25) is 9.10 Å². The number of hydrogen-bond donors (Lipinski definition) is 1. The second-order valence-electron chi connectivity index (χ2n) is 5.35. The molecule has 1 aromatic heterocycles. The van der Waals surface area contributed by atoms with Gasteiger partial charge in [-0.05, 0) is 43.0 Å². The fourth-order valence-electron chi connectivity index (χ4n) is 1.93. The molecule has 0 radical (unpaired) electrons. The van der Waals surface area contributed by atoms with Gasteiger partial charge in [0.25, 0.3) is 5.91 Å². The molecular formula is C15H20N2O3S2. The third kappa shape index (κ3) is 3.59. The maximum atomic E-state index is 12.2. The number of thiophene rings is 1. The summed E-state index contributed by atoms with van der Waals surface area (Å²) in [6, 6.07) is 7.31. The molecule has 1 atom stereocenters. The molecule has 0 spiro atoms. The van der Waals surface area contributed by atoms with Crippen molar-refractivity contribution in [1.29, 1.82) is 0 Å². The SMILES string of the molecule is CC[C@@H](C)NC(=O)c1cc2cc(N(C)S(C)(=O)=O)ccc2s1. The van der Waals surface area contributed by atoms with Crippen LogP contribution in [0.3, 0.4) is 0 Å². The summed E-state index contributed by atoms with van der Waals surface area (Å²) in [4.78, 5) is 12.8. The lowest BCUT2D eigenvalue weighted by atomic mass is 10.2. The minimum absolute atomic E-state index is 0.0893. The zero-order chi connectivity index (χ0) is 16.5. The minimum Gasteiger partial charge on any atom is -0.349 e. The third-order valence-electron chi connectivity index (χ3n) is 3.57. The van der Waals surface area contributed by atoms with Gasteiger partial charge >= 0.3 is 0 Å². The fraction of sp³-hybridized carbons (Fsp3) is 0.400. The van der Waals surface area contributed by atoms with E-state index in [4.69, 9.17) is 0 Å². The van der Waals surface area contributed by atoms with Crippen molar-refractivity contribution >= 4 is 43.0 Å². The van der Waals surface area contributed by atoms with E-state index < -0.39 is 10.0 Å². The Kier molecular flexibility index (Phi) is 4.77. The molecule has 120 valence electrons. The van der Waals surface area contributed by atoms with Crippen molar-refractivity contribution in [3.05, 3.63) is 29.1 Å². The molecule has 0 aliphatic carbocycles. The van der Waals surface area contributed by atoms with Crippen molar-refractivity contribution in [1.82, 2.24) is 5.32 Å². The highest BCUT2D eigenvalue weighted by atomic mass is 32.2. The van der Waals surface area contributed by atoms with Gasteiger partial charge in [0.2, 0.25) is 10.0 Å². The number of rotatable bonds is 5. The highest BCUT2D eigenvalue weighted by Crippen LogP contribution is 2.29. The van der Waals surface area contributed by atoms with Gasteiger partial charge in [-0.1, -0.05) is 6.92 Å². The number of benzene rings is 1. The molecule has 0 saturated heterocycles. The van der Waals surface area contributed by atoms with Crippen LogP contribution in [0.25, 0.3) is 10.1 Å². The molecule has 1 aromatic carbocycles. The normalized spacial score (nSPS) is 13.1. The molecule has 2 rings (SSSR count). The molecule has 0 aliphatic rings. The van der Waals surface area contributed by atoms with Crippen LogP contribution in [0.15, 0.2) is 24.3 Å². The van der Waals surface area contributed by atoms with Crippen molar-refractivity contribution in [2.24, 2.45) is 0 Å². The molecular weight excluding hydrogens is 320 g/mol. The van der Waals surface area contributed by atoms with E-state index in [0.29, 0.717) is 10.6 Å². The molecule has 5 nitrogen and oxygen atoms in total. The first-order chi connectivity index (χ1) is 10.2. The molecule has 22 heavy (non-hydrogen) atoms. The molecule has 0 fully saturated rings. The summed E-state index contributed by atoms with van der Waals surface area (Å²) in [5, 5.41) is 3.80. The molecule has 0 unspecified atom stereocenters. The van der Waals surface area contributed by atoms with E-state index in [-0.39, 0.29) is 11.9 Å². The van der Waals surface area contributed by atoms with Gasteiger partial charge in [0, 0.05) is 17.8 Å². The van der Waals surface area contributed by atoms with Gasteiger partial charge in [0.1, 0.15) is 0 Å². The first-order valence-corrected chi connectivity index (χ1v) is 9.67. The fourth-order valence-corrected chi connectivity index (χ4v) is 3.37. The van der Waals surface area contributed by atoms with E-state index >= 15 is 0 Å². The maximum Gasteiger partial charge on any atom is 0.261 e. The molecule has 2 aromatic rings. The van der Waals surface area contributed by atoms with Gasteiger partial charge in [-0.2, -0.15) is 0 Å². The van der Waals surface area contributed by atoms with Crippen molar-refractivity contribution in [2.45, 2.75) is 26.3 Å². The van der Waals surface area contributed by atoms with E-state index in [1.807, 2.05) is 19.9 Å². The average Bonchev–Trinajstić information content (AvgIpc) is 2.88. The van der Waals surface area contributed by atoms with E-state index in [9.17, 15) is 13.2 Å².